The van der Waals surface area contributed by atoms with Crippen molar-refractivity contribution in [2.45, 2.75) is 19.8 Å². The van der Waals surface area contributed by atoms with Gasteiger partial charge in [0.25, 0.3) is 0 Å². The maximum atomic E-state index is 12.1. The van der Waals surface area contributed by atoms with Gasteiger partial charge in [0.2, 0.25) is 0 Å². The first-order valence-corrected chi connectivity index (χ1v) is 6.98. The van der Waals surface area contributed by atoms with Crippen molar-refractivity contribution in [1.29, 1.82) is 0 Å². The van der Waals surface area contributed by atoms with Crippen LogP contribution in [-0.4, -0.2) is 24.3 Å². The van der Waals surface area contributed by atoms with Crippen LogP contribution in [0.5, 0.6) is 0 Å². The number of carbonyl (C=O) groups excluding carboxylic acids is 1. The maximum Gasteiger partial charge on any atom is 0.338 e. The summed E-state index contributed by atoms with van der Waals surface area (Å²) in [5.41, 5.74) is 0.609. The maximum absolute atomic E-state index is 12.1. The predicted molar refractivity (Wildman–Crippen MR) is 79.7 cm³/mol. The summed E-state index contributed by atoms with van der Waals surface area (Å²) in [7, 11) is 0. The van der Waals surface area contributed by atoms with Crippen LogP contribution in [0.3, 0.4) is 0 Å². The molecule has 0 heterocycles. The van der Waals surface area contributed by atoms with Crippen LogP contribution in [0.2, 0.25) is 0 Å². The molecule has 2 aromatic rings. The summed E-state index contributed by atoms with van der Waals surface area (Å²) in [5, 5.41) is 10.8. The van der Waals surface area contributed by atoms with Crippen LogP contribution in [0.15, 0.2) is 42.5 Å². The Morgan fingerprint density at radius 3 is 2.70 bits per heavy atom. The van der Waals surface area contributed by atoms with E-state index in [1.165, 1.54) is 0 Å². The van der Waals surface area contributed by atoms with Gasteiger partial charge in [0.15, 0.2) is 0 Å². The van der Waals surface area contributed by atoms with E-state index < -0.39 is 0 Å². The van der Waals surface area contributed by atoms with Gasteiger partial charge in [-0.3, -0.25) is 0 Å². The van der Waals surface area contributed by atoms with Crippen LogP contribution in [-0.2, 0) is 4.74 Å². The molecule has 2 aromatic carbocycles. The number of aliphatic hydroxyl groups is 1. The fourth-order valence-corrected chi connectivity index (χ4v) is 2.20. The number of hydrogen-bond acceptors (Lipinski definition) is 3. The minimum Gasteiger partial charge on any atom is -0.462 e. The Morgan fingerprint density at radius 2 is 1.90 bits per heavy atom. The SMILES string of the molecule is CC(CCO)CCOC(=O)c1cccc2ccccc12. The monoisotopic (exact) mass is 272 g/mol. The van der Waals surface area contributed by atoms with Crippen molar-refractivity contribution in [3.8, 4) is 0 Å². The number of esters is 1. The molecule has 0 amide bonds. The van der Waals surface area contributed by atoms with Crippen LogP contribution in [0.25, 0.3) is 10.8 Å². The zero-order chi connectivity index (χ0) is 14.4. The van der Waals surface area contributed by atoms with E-state index in [1.807, 2.05) is 43.3 Å². The third-order valence-electron chi connectivity index (χ3n) is 3.48. The smallest absolute Gasteiger partial charge is 0.338 e. The molecule has 0 saturated heterocycles. The number of benzene rings is 2. The average Bonchev–Trinajstić information content (AvgIpc) is 2.47. The minimum atomic E-state index is -0.280. The van der Waals surface area contributed by atoms with Gasteiger partial charge in [-0.1, -0.05) is 43.3 Å². The molecule has 0 spiro atoms. The number of rotatable bonds is 6. The number of carbonyl (C=O) groups is 1. The van der Waals surface area contributed by atoms with Crippen molar-refractivity contribution < 1.29 is 14.6 Å². The zero-order valence-electron chi connectivity index (χ0n) is 11.7. The molecule has 0 saturated carbocycles. The number of ether oxygens (including phenoxy) is 1. The fraction of sp³-hybridized carbons (Fsp3) is 0.353. The van der Waals surface area contributed by atoms with Gasteiger partial charge in [-0.25, -0.2) is 4.79 Å². The molecule has 0 aliphatic heterocycles. The van der Waals surface area contributed by atoms with Gasteiger partial charge < -0.3 is 9.84 Å². The molecule has 0 aliphatic rings. The minimum absolute atomic E-state index is 0.179. The van der Waals surface area contributed by atoms with Gasteiger partial charge in [-0.15, -0.1) is 0 Å². The number of hydrogen-bond donors (Lipinski definition) is 1. The van der Waals surface area contributed by atoms with Crippen LogP contribution in [0.4, 0.5) is 0 Å². The van der Waals surface area contributed by atoms with E-state index in [1.54, 1.807) is 6.07 Å². The Balaban J connectivity index is 2.01. The first kappa shape index (κ1) is 14.5. The average molecular weight is 272 g/mol. The molecular weight excluding hydrogens is 252 g/mol. The lowest BCUT2D eigenvalue weighted by Crippen LogP contribution is -2.10. The van der Waals surface area contributed by atoms with E-state index in [0.717, 1.165) is 23.6 Å². The Hall–Kier alpha value is -1.87. The summed E-state index contributed by atoms with van der Waals surface area (Å²) in [4.78, 5) is 12.1. The lowest BCUT2D eigenvalue weighted by Gasteiger charge is -2.11. The van der Waals surface area contributed by atoms with Crippen molar-refractivity contribution in [1.82, 2.24) is 0 Å². The molecule has 3 heteroatoms. The second-order valence-corrected chi connectivity index (χ2v) is 5.07. The summed E-state index contributed by atoms with van der Waals surface area (Å²) in [6.07, 6.45) is 1.52. The quantitative estimate of drug-likeness (QED) is 0.820. The first-order chi connectivity index (χ1) is 9.72. The van der Waals surface area contributed by atoms with Gasteiger partial charge in [0, 0.05) is 6.61 Å². The van der Waals surface area contributed by atoms with E-state index in [-0.39, 0.29) is 12.6 Å². The van der Waals surface area contributed by atoms with Crippen LogP contribution >= 0.6 is 0 Å². The number of aliphatic hydroxyl groups excluding tert-OH is 1. The van der Waals surface area contributed by atoms with Gasteiger partial charge in [-0.05, 0) is 35.6 Å². The Morgan fingerprint density at radius 1 is 1.15 bits per heavy atom. The molecule has 3 nitrogen and oxygen atoms in total. The molecule has 106 valence electrons. The highest BCUT2D eigenvalue weighted by Gasteiger charge is 2.11. The normalized spacial score (nSPS) is 12.3. The first-order valence-electron chi connectivity index (χ1n) is 6.98. The number of fused-ring (bicyclic) bond motifs is 1. The topological polar surface area (TPSA) is 46.5 Å². The largest absolute Gasteiger partial charge is 0.462 e. The molecule has 1 unspecified atom stereocenters. The molecule has 0 aliphatic carbocycles. The van der Waals surface area contributed by atoms with Crippen LogP contribution in [0.1, 0.15) is 30.1 Å². The van der Waals surface area contributed by atoms with Crippen molar-refractivity contribution >= 4 is 16.7 Å². The standard InChI is InChI=1S/C17H20O3/c1-13(9-11-18)10-12-20-17(19)16-8-4-6-14-5-2-3-7-15(14)16/h2-8,13,18H,9-12H2,1H3. The Kier molecular flexibility index (Phi) is 5.13. The lowest BCUT2D eigenvalue weighted by molar-refractivity contribution is 0.0484. The third-order valence-corrected chi connectivity index (χ3v) is 3.48. The molecule has 0 radical (unpaired) electrons. The van der Waals surface area contributed by atoms with Gasteiger partial charge >= 0.3 is 5.97 Å². The molecular formula is C17H20O3. The van der Waals surface area contributed by atoms with Crippen molar-refractivity contribution in [2.24, 2.45) is 5.92 Å². The van der Waals surface area contributed by atoms with E-state index in [0.29, 0.717) is 18.1 Å². The van der Waals surface area contributed by atoms with Crippen molar-refractivity contribution in [3.05, 3.63) is 48.0 Å². The highest BCUT2D eigenvalue weighted by atomic mass is 16.5. The third kappa shape index (κ3) is 3.58. The zero-order valence-corrected chi connectivity index (χ0v) is 11.7. The van der Waals surface area contributed by atoms with E-state index in [4.69, 9.17) is 9.84 Å². The van der Waals surface area contributed by atoms with E-state index >= 15 is 0 Å². The molecule has 2 rings (SSSR count). The second-order valence-electron chi connectivity index (χ2n) is 5.07. The highest BCUT2D eigenvalue weighted by molar-refractivity contribution is 6.04. The second kappa shape index (κ2) is 7.06. The summed E-state index contributed by atoms with van der Waals surface area (Å²) >= 11 is 0. The molecule has 1 atom stereocenters. The Labute approximate surface area is 119 Å². The van der Waals surface area contributed by atoms with Gasteiger partial charge in [0.1, 0.15) is 0 Å². The van der Waals surface area contributed by atoms with Crippen molar-refractivity contribution in [2.75, 3.05) is 13.2 Å². The van der Waals surface area contributed by atoms with Crippen LogP contribution in [0, 0.1) is 5.92 Å². The van der Waals surface area contributed by atoms with E-state index in [9.17, 15) is 4.79 Å². The molecule has 1 N–H and O–H groups in total. The summed E-state index contributed by atoms with van der Waals surface area (Å²) < 4.78 is 5.33. The summed E-state index contributed by atoms with van der Waals surface area (Å²) in [6.45, 7) is 2.61. The van der Waals surface area contributed by atoms with Gasteiger partial charge in [0.05, 0.1) is 12.2 Å². The van der Waals surface area contributed by atoms with Gasteiger partial charge in [-0.2, -0.15) is 0 Å². The van der Waals surface area contributed by atoms with Crippen LogP contribution < -0.4 is 0 Å². The Bertz CT molecular complexity index is 572. The molecule has 0 fully saturated rings. The fourth-order valence-electron chi connectivity index (χ4n) is 2.20. The predicted octanol–water partition coefficient (Wildman–Crippen LogP) is 3.41. The van der Waals surface area contributed by atoms with E-state index in [2.05, 4.69) is 0 Å². The lowest BCUT2D eigenvalue weighted by atomic mass is 10.0. The summed E-state index contributed by atoms with van der Waals surface area (Å²) in [6, 6.07) is 13.4. The molecule has 0 aromatic heterocycles. The molecule has 20 heavy (non-hydrogen) atoms. The van der Waals surface area contributed by atoms with Crippen molar-refractivity contribution in [3.63, 3.8) is 0 Å². The summed E-state index contributed by atoms with van der Waals surface area (Å²) in [5.74, 6) is 0.0818. The molecule has 0 bridgehead atoms. The highest BCUT2D eigenvalue weighted by Crippen LogP contribution is 2.19.